The summed E-state index contributed by atoms with van der Waals surface area (Å²) in [7, 11) is -0.190. The fourth-order valence-electron chi connectivity index (χ4n) is 2.97. The van der Waals surface area contributed by atoms with Crippen LogP contribution >= 0.6 is 12.0 Å². The summed E-state index contributed by atoms with van der Waals surface area (Å²) >= 11 is 1.55. The smallest absolute Gasteiger partial charge is 0.180 e. The summed E-state index contributed by atoms with van der Waals surface area (Å²) in [5.74, 6) is 0. The highest BCUT2D eigenvalue weighted by atomic mass is 32.2. The molecule has 0 saturated heterocycles. The fraction of sp³-hybridized carbons (Fsp3) is 1.00. The van der Waals surface area contributed by atoms with Gasteiger partial charge in [0.1, 0.15) is 0 Å². The molecular formula is C19H42OSSi. The maximum Gasteiger partial charge on any atom is 0.180 e. The maximum absolute atomic E-state index is 5.41. The molecule has 0 aliphatic rings. The van der Waals surface area contributed by atoms with Crippen molar-refractivity contribution >= 4 is 21.8 Å². The molecule has 0 N–H and O–H groups in total. The standard InChI is InChI=1S/C19H42OSSi/c1-3-4-5-6-7-8-9-10-11-12-13-14-15-16-17-18-19-22-20-21-2/h3-19,22H2,1-2H3. The molecule has 0 radical (unpaired) electrons. The summed E-state index contributed by atoms with van der Waals surface area (Å²) in [6.07, 6.45) is 25.3. The summed E-state index contributed by atoms with van der Waals surface area (Å²) in [5, 5.41) is 0. The number of rotatable bonds is 19. The monoisotopic (exact) mass is 346 g/mol. The van der Waals surface area contributed by atoms with Gasteiger partial charge in [-0.15, -0.1) is 0 Å². The Morgan fingerprint density at radius 1 is 0.591 bits per heavy atom. The average molecular weight is 347 g/mol. The minimum atomic E-state index is -0.190. The second-order valence-electron chi connectivity index (χ2n) is 6.65. The summed E-state index contributed by atoms with van der Waals surface area (Å²) < 4.78 is 5.41. The van der Waals surface area contributed by atoms with Gasteiger partial charge in [-0.1, -0.05) is 110 Å². The molecule has 0 aliphatic heterocycles. The Morgan fingerprint density at radius 3 is 1.32 bits per heavy atom. The van der Waals surface area contributed by atoms with Gasteiger partial charge in [-0.2, -0.15) is 0 Å². The van der Waals surface area contributed by atoms with E-state index in [1.165, 1.54) is 109 Å². The molecule has 0 bridgehead atoms. The molecule has 0 unspecified atom stereocenters. The van der Waals surface area contributed by atoms with E-state index in [9.17, 15) is 0 Å². The SMILES string of the molecule is CCCCCCCCCCCCCCCCCC[SiH2]OSC. The zero-order valence-electron chi connectivity index (χ0n) is 15.5. The first kappa shape index (κ1) is 22.5. The van der Waals surface area contributed by atoms with Crippen molar-refractivity contribution in [3.8, 4) is 0 Å². The van der Waals surface area contributed by atoms with E-state index in [2.05, 4.69) is 6.92 Å². The van der Waals surface area contributed by atoms with Gasteiger partial charge < -0.3 is 3.87 Å². The van der Waals surface area contributed by atoms with Crippen LogP contribution in [0.15, 0.2) is 0 Å². The molecule has 0 amide bonds. The largest absolute Gasteiger partial charge is 0.365 e. The molecule has 0 aromatic rings. The second kappa shape index (κ2) is 21.5. The van der Waals surface area contributed by atoms with Crippen LogP contribution in [0, 0.1) is 0 Å². The Morgan fingerprint density at radius 2 is 0.955 bits per heavy atom. The van der Waals surface area contributed by atoms with E-state index in [0.717, 1.165) is 0 Å². The van der Waals surface area contributed by atoms with Gasteiger partial charge in [0.15, 0.2) is 9.76 Å². The van der Waals surface area contributed by atoms with E-state index in [4.69, 9.17) is 3.87 Å². The normalized spacial score (nSPS) is 11.7. The Hall–Kier alpha value is 0.527. The van der Waals surface area contributed by atoms with Crippen molar-refractivity contribution in [2.24, 2.45) is 0 Å². The molecule has 0 heterocycles. The fourth-order valence-corrected chi connectivity index (χ4v) is 4.66. The van der Waals surface area contributed by atoms with Crippen molar-refractivity contribution in [2.75, 3.05) is 6.26 Å². The first-order chi connectivity index (χ1) is 10.9. The number of unbranched alkanes of at least 4 members (excludes halogenated alkanes) is 15. The van der Waals surface area contributed by atoms with Crippen molar-refractivity contribution in [3.05, 3.63) is 0 Å². The summed E-state index contributed by atoms with van der Waals surface area (Å²) in [6, 6.07) is 1.37. The number of hydrogen-bond donors (Lipinski definition) is 0. The number of hydrogen-bond acceptors (Lipinski definition) is 2. The van der Waals surface area contributed by atoms with Gasteiger partial charge in [-0.25, -0.2) is 0 Å². The minimum absolute atomic E-state index is 0.190. The van der Waals surface area contributed by atoms with E-state index in [1.807, 2.05) is 6.26 Å². The van der Waals surface area contributed by atoms with Crippen LogP contribution in [-0.4, -0.2) is 16.0 Å². The van der Waals surface area contributed by atoms with Gasteiger partial charge in [-0.05, 0) is 18.1 Å². The quantitative estimate of drug-likeness (QED) is 0.141. The zero-order chi connectivity index (χ0) is 16.1. The Kier molecular flexibility index (Phi) is 22.0. The third-order valence-electron chi connectivity index (χ3n) is 4.45. The summed E-state index contributed by atoms with van der Waals surface area (Å²) in [5.41, 5.74) is 0. The summed E-state index contributed by atoms with van der Waals surface area (Å²) in [6.45, 7) is 2.29. The molecule has 22 heavy (non-hydrogen) atoms. The van der Waals surface area contributed by atoms with Crippen LogP contribution in [0.5, 0.6) is 0 Å². The highest BCUT2D eigenvalue weighted by Crippen LogP contribution is 2.14. The van der Waals surface area contributed by atoms with Crippen LogP contribution in [0.1, 0.15) is 110 Å². The lowest BCUT2D eigenvalue weighted by atomic mass is 10.0. The minimum Gasteiger partial charge on any atom is -0.365 e. The molecule has 3 heteroatoms. The average Bonchev–Trinajstić information content (AvgIpc) is 2.54. The van der Waals surface area contributed by atoms with Crippen molar-refractivity contribution < 1.29 is 3.87 Å². The molecule has 134 valence electrons. The van der Waals surface area contributed by atoms with Crippen LogP contribution < -0.4 is 0 Å². The molecule has 0 aliphatic carbocycles. The lowest BCUT2D eigenvalue weighted by molar-refractivity contribution is 0.531. The molecule has 0 atom stereocenters. The van der Waals surface area contributed by atoms with E-state index >= 15 is 0 Å². The Labute approximate surface area is 147 Å². The molecule has 0 spiro atoms. The Balaban J connectivity index is 2.91. The van der Waals surface area contributed by atoms with Gasteiger partial charge >= 0.3 is 0 Å². The van der Waals surface area contributed by atoms with Gasteiger partial charge in [-0.3, -0.25) is 0 Å². The van der Waals surface area contributed by atoms with Crippen LogP contribution in [-0.2, 0) is 3.87 Å². The molecular weight excluding hydrogens is 304 g/mol. The van der Waals surface area contributed by atoms with Gasteiger partial charge in [0.2, 0.25) is 0 Å². The second-order valence-corrected chi connectivity index (χ2v) is 9.04. The van der Waals surface area contributed by atoms with Crippen molar-refractivity contribution in [3.63, 3.8) is 0 Å². The maximum atomic E-state index is 5.41. The molecule has 1 nitrogen and oxygen atoms in total. The van der Waals surface area contributed by atoms with Crippen LogP contribution in [0.25, 0.3) is 0 Å². The van der Waals surface area contributed by atoms with Crippen molar-refractivity contribution in [1.29, 1.82) is 0 Å². The van der Waals surface area contributed by atoms with Gasteiger partial charge in [0.25, 0.3) is 0 Å². The Bertz CT molecular complexity index is 170. The predicted molar refractivity (Wildman–Crippen MR) is 107 cm³/mol. The molecule has 0 saturated carbocycles. The van der Waals surface area contributed by atoms with Crippen LogP contribution in [0.4, 0.5) is 0 Å². The lowest BCUT2D eigenvalue weighted by Gasteiger charge is -2.03. The third kappa shape index (κ3) is 20.5. The third-order valence-corrected chi connectivity index (χ3v) is 6.85. The van der Waals surface area contributed by atoms with E-state index < -0.39 is 0 Å². The molecule has 0 aromatic carbocycles. The van der Waals surface area contributed by atoms with Gasteiger partial charge in [0.05, 0.1) is 0 Å². The van der Waals surface area contributed by atoms with Crippen molar-refractivity contribution in [2.45, 2.75) is 116 Å². The van der Waals surface area contributed by atoms with Crippen LogP contribution in [0.3, 0.4) is 0 Å². The first-order valence-corrected chi connectivity index (χ1v) is 12.8. The zero-order valence-corrected chi connectivity index (χ0v) is 17.8. The topological polar surface area (TPSA) is 9.23 Å². The molecule has 0 fully saturated rings. The highest BCUT2D eigenvalue weighted by Gasteiger charge is 1.95. The lowest BCUT2D eigenvalue weighted by Crippen LogP contribution is -1.90. The van der Waals surface area contributed by atoms with Crippen LogP contribution in [0.2, 0.25) is 6.04 Å². The van der Waals surface area contributed by atoms with E-state index in [0.29, 0.717) is 0 Å². The highest BCUT2D eigenvalue weighted by molar-refractivity contribution is 7.94. The van der Waals surface area contributed by atoms with Gasteiger partial charge in [0, 0.05) is 6.26 Å². The summed E-state index contributed by atoms with van der Waals surface area (Å²) in [4.78, 5) is 0. The predicted octanol–water partition coefficient (Wildman–Crippen LogP) is 7.04. The van der Waals surface area contributed by atoms with Crippen molar-refractivity contribution in [1.82, 2.24) is 0 Å². The molecule has 0 rings (SSSR count). The van der Waals surface area contributed by atoms with E-state index in [-0.39, 0.29) is 9.76 Å². The van der Waals surface area contributed by atoms with E-state index in [1.54, 1.807) is 12.0 Å². The first-order valence-electron chi connectivity index (χ1n) is 10.1. The molecule has 0 aromatic heterocycles.